The summed E-state index contributed by atoms with van der Waals surface area (Å²) in [7, 11) is 0. The molecule has 1 atom stereocenters. The van der Waals surface area contributed by atoms with Crippen LogP contribution in [0, 0.1) is 5.92 Å². The summed E-state index contributed by atoms with van der Waals surface area (Å²) in [6.07, 6.45) is 6.31. The lowest BCUT2D eigenvalue weighted by Gasteiger charge is -2.29. The fraction of sp³-hybridized carbons (Fsp3) is 0.923. The van der Waals surface area contributed by atoms with Gasteiger partial charge in [0, 0.05) is 12.3 Å². The minimum atomic E-state index is -0.365. The predicted octanol–water partition coefficient (Wildman–Crippen LogP) is 3.27. The zero-order chi connectivity index (χ0) is 12.0. The van der Waals surface area contributed by atoms with Gasteiger partial charge in [0.05, 0.1) is 6.10 Å². The smallest absolute Gasteiger partial charge is 0.307 e. The average Bonchev–Trinajstić information content (AvgIpc) is 2.29. The summed E-state index contributed by atoms with van der Waals surface area (Å²) >= 11 is 0. The number of hydrogen-bond donors (Lipinski definition) is 0. The normalized spacial score (nSPS) is 19.8. The first-order valence-electron chi connectivity index (χ1n) is 6.48. The highest BCUT2D eigenvalue weighted by Crippen LogP contribution is 2.23. The van der Waals surface area contributed by atoms with Gasteiger partial charge in [-0.15, -0.1) is 0 Å². The van der Waals surface area contributed by atoms with Crippen LogP contribution >= 0.6 is 0 Å². The molecule has 0 radical (unpaired) electrons. The second-order valence-electron chi connectivity index (χ2n) is 4.85. The third kappa shape index (κ3) is 4.52. The molecule has 3 nitrogen and oxygen atoms in total. The van der Waals surface area contributed by atoms with E-state index in [0.717, 1.165) is 12.8 Å². The molecule has 0 N–H and O–H groups in total. The molecule has 0 spiro atoms. The molecule has 0 saturated heterocycles. The quantitative estimate of drug-likeness (QED) is 0.535. The summed E-state index contributed by atoms with van der Waals surface area (Å²) in [6, 6.07) is 0. The van der Waals surface area contributed by atoms with Crippen molar-refractivity contribution in [2.75, 3.05) is 0 Å². The van der Waals surface area contributed by atoms with Gasteiger partial charge in [0.25, 0.3) is 0 Å². The van der Waals surface area contributed by atoms with Crippen molar-refractivity contribution in [3.63, 3.8) is 0 Å². The molecule has 0 unspecified atom stereocenters. The van der Waals surface area contributed by atoms with Crippen molar-refractivity contribution in [3.05, 3.63) is 0 Å². The molecule has 94 valence electrons. The van der Waals surface area contributed by atoms with Gasteiger partial charge in [-0.25, -0.2) is 0 Å². The molecule has 0 bridgehead atoms. The number of carbonyl (C=O) groups excluding carboxylic acids is 1. The van der Waals surface area contributed by atoms with E-state index in [1.54, 1.807) is 6.92 Å². The van der Waals surface area contributed by atoms with Crippen LogP contribution in [0.5, 0.6) is 0 Å². The zero-order valence-corrected chi connectivity index (χ0v) is 10.7. The highest BCUT2D eigenvalue weighted by Gasteiger charge is 2.24. The van der Waals surface area contributed by atoms with Gasteiger partial charge in [-0.05, 0) is 12.8 Å². The number of esters is 1. The first-order valence-corrected chi connectivity index (χ1v) is 6.48. The van der Waals surface area contributed by atoms with Crippen LogP contribution in [0.3, 0.4) is 0 Å². The molecule has 0 aromatic carbocycles. The van der Waals surface area contributed by atoms with Gasteiger partial charge in [-0.2, -0.15) is 0 Å². The Bertz CT molecular complexity index is 207. The molecule has 0 aromatic rings. The lowest BCUT2D eigenvalue weighted by molar-refractivity contribution is -0.204. The van der Waals surface area contributed by atoms with Crippen LogP contribution in [0.4, 0.5) is 0 Å². The lowest BCUT2D eigenvalue weighted by atomic mass is 9.97. The van der Waals surface area contributed by atoms with E-state index in [0.29, 0.717) is 6.42 Å². The van der Waals surface area contributed by atoms with Gasteiger partial charge in [-0.3, -0.25) is 4.79 Å². The first kappa shape index (κ1) is 13.5. The van der Waals surface area contributed by atoms with E-state index in [2.05, 4.69) is 0 Å². The maximum atomic E-state index is 11.3. The highest BCUT2D eigenvalue weighted by molar-refractivity contribution is 5.68. The molecule has 0 heterocycles. The van der Waals surface area contributed by atoms with Crippen LogP contribution < -0.4 is 0 Å². The van der Waals surface area contributed by atoms with E-state index in [1.807, 2.05) is 13.8 Å². The monoisotopic (exact) mass is 228 g/mol. The second kappa shape index (κ2) is 6.89. The summed E-state index contributed by atoms with van der Waals surface area (Å²) < 4.78 is 11.2. The Balaban J connectivity index is 2.40. The topological polar surface area (TPSA) is 35.5 Å². The molecule has 1 rings (SSSR count). The average molecular weight is 228 g/mol. The van der Waals surface area contributed by atoms with E-state index in [1.165, 1.54) is 19.3 Å². The fourth-order valence-corrected chi connectivity index (χ4v) is 1.92. The van der Waals surface area contributed by atoms with Crippen molar-refractivity contribution in [1.29, 1.82) is 0 Å². The van der Waals surface area contributed by atoms with Crippen molar-refractivity contribution in [1.82, 2.24) is 0 Å². The van der Waals surface area contributed by atoms with Crippen molar-refractivity contribution in [2.24, 2.45) is 5.92 Å². The molecule has 1 fully saturated rings. The van der Waals surface area contributed by atoms with Crippen LogP contribution in [0.1, 0.15) is 59.3 Å². The maximum absolute atomic E-state index is 11.3. The Morgan fingerprint density at radius 2 is 1.88 bits per heavy atom. The SMILES string of the molecule is CCC(=O)O[C@H](OC1CCCCC1)C(C)C. The number of rotatable bonds is 5. The largest absolute Gasteiger partial charge is 0.435 e. The molecule has 1 aliphatic rings. The summed E-state index contributed by atoms with van der Waals surface area (Å²) in [4.78, 5) is 11.3. The van der Waals surface area contributed by atoms with Crippen LogP contribution in [-0.2, 0) is 14.3 Å². The Morgan fingerprint density at radius 3 is 2.38 bits per heavy atom. The third-order valence-electron chi connectivity index (χ3n) is 2.96. The summed E-state index contributed by atoms with van der Waals surface area (Å²) in [6.45, 7) is 5.85. The number of hydrogen-bond acceptors (Lipinski definition) is 3. The first-order chi connectivity index (χ1) is 7.63. The Morgan fingerprint density at radius 1 is 1.25 bits per heavy atom. The Hall–Kier alpha value is -0.570. The zero-order valence-electron chi connectivity index (χ0n) is 10.7. The van der Waals surface area contributed by atoms with Crippen LogP contribution in [0.2, 0.25) is 0 Å². The molecular weight excluding hydrogens is 204 g/mol. The van der Waals surface area contributed by atoms with Gasteiger partial charge in [0.1, 0.15) is 0 Å². The molecular formula is C13H24O3. The molecule has 0 aliphatic heterocycles. The lowest BCUT2D eigenvalue weighted by Crippen LogP contribution is -2.32. The minimum Gasteiger partial charge on any atom is -0.435 e. The molecule has 1 aliphatic carbocycles. The van der Waals surface area contributed by atoms with E-state index in [-0.39, 0.29) is 24.3 Å². The van der Waals surface area contributed by atoms with Gasteiger partial charge in [-0.1, -0.05) is 40.0 Å². The molecule has 16 heavy (non-hydrogen) atoms. The summed E-state index contributed by atoms with van der Waals surface area (Å²) in [5.74, 6) is 0.0481. The number of carbonyl (C=O) groups is 1. The number of ether oxygens (including phenoxy) is 2. The molecule has 0 aromatic heterocycles. The van der Waals surface area contributed by atoms with Crippen molar-refractivity contribution in [2.45, 2.75) is 71.7 Å². The van der Waals surface area contributed by atoms with Gasteiger partial charge >= 0.3 is 5.97 Å². The van der Waals surface area contributed by atoms with E-state index >= 15 is 0 Å². The molecule has 1 saturated carbocycles. The molecule has 3 heteroatoms. The Labute approximate surface area is 98.5 Å². The van der Waals surface area contributed by atoms with Crippen molar-refractivity contribution < 1.29 is 14.3 Å². The van der Waals surface area contributed by atoms with Crippen LogP contribution in [-0.4, -0.2) is 18.4 Å². The van der Waals surface area contributed by atoms with Crippen LogP contribution in [0.15, 0.2) is 0 Å². The van der Waals surface area contributed by atoms with Crippen molar-refractivity contribution >= 4 is 5.97 Å². The van der Waals surface area contributed by atoms with Gasteiger partial charge in [0.15, 0.2) is 0 Å². The van der Waals surface area contributed by atoms with Gasteiger partial charge in [0.2, 0.25) is 6.29 Å². The van der Waals surface area contributed by atoms with Gasteiger partial charge < -0.3 is 9.47 Å². The third-order valence-corrected chi connectivity index (χ3v) is 2.96. The Kier molecular flexibility index (Phi) is 5.81. The second-order valence-corrected chi connectivity index (χ2v) is 4.85. The maximum Gasteiger partial charge on any atom is 0.307 e. The minimum absolute atomic E-state index is 0.172. The summed E-state index contributed by atoms with van der Waals surface area (Å²) in [5, 5.41) is 0. The fourth-order valence-electron chi connectivity index (χ4n) is 1.92. The summed E-state index contributed by atoms with van der Waals surface area (Å²) in [5.41, 5.74) is 0. The standard InChI is InChI=1S/C13H24O3/c1-4-12(14)16-13(10(2)3)15-11-8-6-5-7-9-11/h10-11,13H,4-9H2,1-3H3/t13-/m0/s1. The highest BCUT2D eigenvalue weighted by atomic mass is 16.7. The predicted molar refractivity (Wildman–Crippen MR) is 63.0 cm³/mol. The van der Waals surface area contributed by atoms with Crippen LogP contribution in [0.25, 0.3) is 0 Å². The van der Waals surface area contributed by atoms with E-state index in [4.69, 9.17) is 9.47 Å². The van der Waals surface area contributed by atoms with E-state index in [9.17, 15) is 4.79 Å². The van der Waals surface area contributed by atoms with E-state index < -0.39 is 0 Å². The van der Waals surface area contributed by atoms with Crippen molar-refractivity contribution in [3.8, 4) is 0 Å². The molecule has 0 amide bonds.